The molecule has 1 amide bonds. The first kappa shape index (κ1) is 20.3. The minimum Gasteiger partial charge on any atom is -0.300 e. The van der Waals surface area contributed by atoms with Gasteiger partial charge >= 0.3 is 0 Å². The number of thioether (sulfide) groups is 1. The molecule has 0 saturated carbocycles. The Bertz CT molecular complexity index is 1090. The van der Waals surface area contributed by atoms with Crippen LogP contribution in [0, 0.1) is 13.8 Å². The SMILES string of the molecule is Cc1cc(C)cc(-n2ccnc2SCC(=O)Nc2nnc(NS(C)(=O)=O)s2)c1. The van der Waals surface area contributed by atoms with Gasteiger partial charge in [0.1, 0.15) is 0 Å². The number of carbonyl (C=O) groups excluding carboxylic acids is 1. The Morgan fingerprint density at radius 1 is 1.18 bits per heavy atom. The summed E-state index contributed by atoms with van der Waals surface area (Å²) < 4.78 is 26.5. The molecule has 3 rings (SSSR count). The maximum atomic E-state index is 12.2. The molecular weight excluding hydrogens is 420 g/mol. The highest BCUT2D eigenvalue weighted by Gasteiger charge is 2.13. The topological polar surface area (TPSA) is 119 Å². The summed E-state index contributed by atoms with van der Waals surface area (Å²) in [5.74, 6) is -0.169. The molecule has 1 aromatic carbocycles. The van der Waals surface area contributed by atoms with Crippen molar-refractivity contribution >= 4 is 49.3 Å². The number of aryl methyl sites for hydroxylation is 2. The molecular formula is C16H18N6O3S3. The number of sulfonamides is 1. The number of aromatic nitrogens is 4. The molecule has 0 spiro atoms. The van der Waals surface area contributed by atoms with Crippen LogP contribution in [-0.4, -0.2) is 46.1 Å². The van der Waals surface area contributed by atoms with E-state index in [0.717, 1.165) is 34.4 Å². The third-order valence-electron chi connectivity index (χ3n) is 3.37. The van der Waals surface area contributed by atoms with Gasteiger partial charge < -0.3 is 0 Å². The summed E-state index contributed by atoms with van der Waals surface area (Å²) in [4.78, 5) is 16.5. The van der Waals surface area contributed by atoms with E-state index in [-0.39, 0.29) is 21.9 Å². The molecule has 0 aliphatic carbocycles. The minimum absolute atomic E-state index is 0.0933. The van der Waals surface area contributed by atoms with Gasteiger partial charge in [-0.2, -0.15) is 0 Å². The van der Waals surface area contributed by atoms with Gasteiger partial charge in [0.05, 0.1) is 12.0 Å². The summed E-state index contributed by atoms with van der Waals surface area (Å²) >= 11 is 2.23. The number of carbonyl (C=O) groups is 1. The summed E-state index contributed by atoms with van der Waals surface area (Å²) in [7, 11) is -3.44. The molecule has 9 nitrogen and oxygen atoms in total. The maximum absolute atomic E-state index is 12.2. The average molecular weight is 439 g/mol. The normalized spacial score (nSPS) is 11.4. The molecule has 0 bridgehead atoms. The summed E-state index contributed by atoms with van der Waals surface area (Å²) in [6.07, 6.45) is 4.55. The Balaban J connectivity index is 1.62. The first-order valence-electron chi connectivity index (χ1n) is 8.05. The van der Waals surface area contributed by atoms with Crippen molar-refractivity contribution in [1.82, 2.24) is 19.7 Å². The van der Waals surface area contributed by atoms with Crippen molar-refractivity contribution in [2.24, 2.45) is 0 Å². The van der Waals surface area contributed by atoms with Gasteiger partial charge in [0.2, 0.25) is 26.2 Å². The Labute approximate surface area is 170 Å². The highest BCUT2D eigenvalue weighted by atomic mass is 32.2. The Kier molecular flexibility index (Phi) is 6.01. The van der Waals surface area contributed by atoms with Crippen LogP contribution < -0.4 is 10.0 Å². The largest absolute Gasteiger partial charge is 0.300 e. The number of anilines is 2. The van der Waals surface area contributed by atoms with Crippen molar-refractivity contribution in [2.75, 3.05) is 22.0 Å². The quantitative estimate of drug-likeness (QED) is 0.544. The summed E-state index contributed by atoms with van der Waals surface area (Å²) in [6.45, 7) is 4.06. The first-order chi connectivity index (χ1) is 13.2. The molecule has 0 aliphatic rings. The predicted molar refractivity (Wildman–Crippen MR) is 111 cm³/mol. The van der Waals surface area contributed by atoms with E-state index in [9.17, 15) is 13.2 Å². The fraction of sp³-hybridized carbons (Fsp3) is 0.250. The number of amides is 1. The second-order valence-corrected chi connectivity index (χ2v) is 9.72. The molecule has 2 aromatic heterocycles. The van der Waals surface area contributed by atoms with E-state index in [1.54, 1.807) is 6.20 Å². The lowest BCUT2D eigenvalue weighted by Gasteiger charge is -2.09. The maximum Gasteiger partial charge on any atom is 0.236 e. The molecule has 0 atom stereocenters. The van der Waals surface area contributed by atoms with E-state index in [2.05, 4.69) is 43.4 Å². The van der Waals surface area contributed by atoms with Gasteiger partial charge in [-0.1, -0.05) is 29.2 Å². The van der Waals surface area contributed by atoms with Crippen molar-refractivity contribution in [1.29, 1.82) is 0 Å². The van der Waals surface area contributed by atoms with Crippen molar-refractivity contribution in [2.45, 2.75) is 19.0 Å². The molecule has 3 aromatic rings. The van der Waals surface area contributed by atoms with Gasteiger partial charge in [-0.25, -0.2) is 13.4 Å². The fourth-order valence-electron chi connectivity index (χ4n) is 2.44. The number of hydrogen-bond acceptors (Lipinski definition) is 8. The number of imidazole rings is 1. The van der Waals surface area contributed by atoms with Crippen LogP contribution in [0.15, 0.2) is 35.7 Å². The van der Waals surface area contributed by atoms with Crippen LogP contribution in [0.5, 0.6) is 0 Å². The fourth-order valence-corrected chi connectivity index (χ4v) is 4.71. The van der Waals surface area contributed by atoms with Crippen LogP contribution in [0.4, 0.5) is 10.3 Å². The van der Waals surface area contributed by atoms with Crippen LogP contribution in [0.25, 0.3) is 5.69 Å². The number of benzene rings is 1. The molecule has 12 heteroatoms. The highest BCUT2D eigenvalue weighted by Crippen LogP contribution is 2.24. The first-order valence-corrected chi connectivity index (χ1v) is 11.7. The Morgan fingerprint density at radius 2 is 1.86 bits per heavy atom. The summed E-state index contributed by atoms with van der Waals surface area (Å²) in [6, 6.07) is 6.20. The Morgan fingerprint density at radius 3 is 2.54 bits per heavy atom. The lowest BCUT2D eigenvalue weighted by atomic mass is 10.1. The molecule has 28 heavy (non-hydrogen) atoms. The van der Waals surface area contributed by atoms with Gasteiger partial charge in [-0.15, -0.1) is 10.2 Å². The second kappa shape index (κ2) is 8.29. The highest BCUT2D eigenvalue weighted by molar-refractivity contribution is 7.99. The van der Waals surface area contributed by atoms with Crippen LogP contribution >= 0.6 is 23.1 Å². The lowest BCUT2D eigenvalue weighted by Crippen LogP contribution is -2.14. The average Bonchev–Trinajstić information content (AvgIpc) is 3.19. The Hall–Kier alpha value is -2.44. The van der Waals surface area contributed by atoms with E-state index in [4.69, 9.17) is 0 Å². The van der Waals surface area contributed by atoms with Crippen molar-refractivity contribution in [3.8, 4) is 5.69 Å². The minimum atomic E-state index is -3.44. The van der Waals surface area contributed by atoms with Crippen molar-refractivity contribution in [3.05, 3.63) is 41.7 Å². The number of hydrogen-bond donors (Lipinski definition) is 2. The predicted octanol–water partition coefficient (Wildman–Crippen LogP) is 2.44. The zero-order valence-electron chi connectivity index (χ0n) is 15.3. The van der Waals surface area contributed by atoms with Gasteiger partial charge in [-0.05, 0) is 37.1 Å². The summed E-state index contributed by atoms with van der Waals surface area (Å²) in [5.41, 5.74) is 3.28. The number of nitrogens with zero attached hydrogens (tertiary/aromatic N) is 4. The standard InChI is InChI=1S/C16H18N6O3S3/c1-10-6-11(2)8-12(7-10)22-5-4-17-16(22)26-9-13(23)18-14-19-20-15(27-14)21-28(3,24)25/h4-8H,9H2,1-3H3,(H,20,21)(H,18,19,23). The van der Waals surface area contributed by atoms with E-state index in [1.165, 1.54) is 11.8 Å². The van der Waals surface area contributed by atoms with Gasteiger partial charge in [0.25, 0.3) is 0 Å². The molecule has 0 fully saturated rings. The zero-order chi connectivity index (χ0) is 20.3. The van der Waals surface area contributed by atoms with Gasteiger partial charge in [0, 0.05) is 18.1 Å². The van der Waals surface area contributed by atoms with Crippen LogP contribution in [0.1, 0.15) is 11.1 Å². The molecule has 0 unspecified atom stereocenters. The molecule has 0 aliphatic heterocycles. The number of nitrogens with one attached hydrogen (secondary N) is 2. The zero-order valence-corrected chi connectivity index (χ0v) is 17.8. The van der Waals surface area contributed by atoms with E-state index < -0.39 is 10.0 Å². The van der Waals surface area contributed by atoms with E-state index in [1.807, 2.05) is 24.6 Å². The van der Waals surface area contributed by atoms with Crippen molar-refractivity contribution < 1.29 is 13.2 Å². The smallest absolute Gasteiger partial charge is 0.236 e. The number of rotatable bonds is 7. The second-order valence-electron chi connectivity index (χ2n) is 6.05. The summed E-state index contributed by atoms with van der Waals surface area (Å²) in [5, 5.41) is 11.0. The monoisotopic (exact) mass is 438 g/mol. The molecule has 148 valence electrons. The van der Waals surface area contributed by atoms with Crippen molar-refractivity contribution in [3.63, 3.8) is 0 Å². The van der Waals surface area contributed by atoms with Crippen LogP contribution in [0.2, 0.25) is 0 Å². The van der Waals surface area contributed by atoms with Gasteiger partial charge in [0.15, 0.2) is 5.16 Å². The van der Waals surface area contributed by atoms with Crippen LogP contribution in [-0.2, 0) is 14.8 Å². The van der Waals surface area contributed by atoms with Crippen LogP contribution in [0.3, 0.4) is 0 Å². The molecule has 2 N–H and O–H groups in total. The van der Waals surface area contributed by atoms with E-state index in [0.29, 0.717) is 5.16 Å². The van der Waals surface area contributed by atoms with E-state index >= 15 is 0 Å². The third-order valence-corrected chi connectivity index (χ3v) is 5.78. The van der Waals surface area contributed by atoms with Gasteiger partial charge in [-0.3, -0.25) is 19.4 Å². The molecule has 0 saturated heterocycles. The molecule has 0 radical (unpaired) electrons. The third kappa shape index (κ3) is 5.53. The lowest BCUT2D eigenvalue weighted by molar-refractivity contribution is -0.113. The molecule has 2 heterocycles.